The van der Waals surface area contributed by atoms with Crippen molar-refractivity contribution in [3.05, 3.63) is 29.0 Å². The molecule has 0 spiro atoms. The second kappa shape index (κ2) is 9.63. The van der Waals surface area contributed by atoms with Gasteiger partial charge in [-0.3, -0.25) is 4.98 Å². The van der Waals surface area contributed by atoms with Gasteiger partial charge in [0.2, 0.25) is 0 Å². The maximum Gasteiger partial charge on any atom is 0.125 e. The number of ether oxygens (including phenoxy) is 2. The highest BCUT2D eigenvalue weighted by atomic mass is 16.5. The van der Waals surface area contributed by atoms with E-state index >= 15 is 0 Å². The molecule has 1 aliphatic carbocycles. The number of benzene rings is 1. The van der Waals surface area contributed by atoms with E-state index in [1.54, 1.807) is 7.11 Å². The van der Waals surface area contributed by atoms with Crippen molar-refractivity contribution in [2.75, 3.05) is 38.7 Å². The van der Waals surface area contributed by atoms with Crippen LogP contribution >= 0.6 is 0 Å². The summed E-state index contributed by atoms with van der Waals surface area (Å²) in [5, 5.41) is 13.7. The summed E-state index contributed by atoms with van der Waals surface area (Å²) in [5.74, 6) is 0.833. The third-order valence-electron chi connectivity index (χ3n) is 6.21. The van der Waals surface area contributed by atoms with Gasteiger partial charge in [-0.1, -0.05) is 0 Å². The van der Waals surface area contributed by atoms with Gasteiger partial charge in [-0.2, -0.15) is 5.26 Å². The molecule has 2 aromatic rings. The van der Waals surface area contributed by atoms with Gasteiger partial charge in [-0.05, 0) is 69.8 Å². The fraction of sp³-hybridized carbons (Fsp3) is 0.583. The predicted molar refractivity (Wildman–Crippen MR) is 119 cm³/mol. The van der Waals surface area contributed by atoms with Crippen LogP contribution in [-0.2, 0) is 24.2 Å². The number of likely N-dealkylation sites (tertiary alicyclic amines) is 1. The first-order valence-corrected chi connectivity index (χ1v) is 11.2. The zero-order valence-electron chi connectivity index (χ0n) is 18.2. The smallest absolute Gasteiger partial charge is 0.125 e. The number of nitrogens with one attached hydrogen (secondary N) is 1. The maximum absolute atomic E-state index is 9.07. The van der Waals surface area contributed by atoms with E-state index in [4.69, 9.17) is 19.7 Å². The lowest BCUT2D eigenvalue weighted by Crippen LogP contribution is -2.23. The first-order chi connectivity index (χ1) is 14.7. The third kappa shape index (κ3) is 4.53. The Morgan fingerprint density at radius 1 is 1.23 bits per heavy atom. The molecule has 1 N–H and O–H groups in total. The van der Waals surface area contributed by atoms with Gasteiger partial charge in [0.15, 0.2) is 0 Å². The zero-order chi connectivity index (χ0) is 20.9. The summed E-state index contributed by atoms with van der Waals surface area (Å²) in [7, 11) is 1.71. The topological polar surface area (TPSA) is 70.4 Å². The van der Waals surface area contributed by atoms with Crippen molar-refractivity contribution in [2.45, 2.75) is 58.1 Å². The number of nitrogens with zero attached hydrogens (tertiary/aromatic N) is 3. The highest BCUT2D eigenvalue weighted by Crippen LogP contribution is 2.37. The molecule has 1 aliphatic heterocycles. The number of hydrogen-bond acceptors (Lipinski definition) is 6. The Morgan fingerprint density at radius 3 is 2.83 bits per heavy atom. The number of aromatic nitrogens is 1. The molecule has 0 bridgehead atoms. The molecule has 2 aliphatic rings. The predicted octanol–water partition coefficient (Wildman–Crippen LogP) is 4.06. The molecule has 1 saturated heterocycles. The molecular formula is C24H32N4O2. The minimum absolute atomic E-state index is 0.0879. The maximum atomic E-state index is 9.07. The number of hydrogen-bond donors (Lipinski definition) is 1. The van der Waals surface area contributed by atoms with Gasteiger partial charge in [-0.15, -0.1) is 0 Å². The number of aryl methyl sites for hydroxylation is 1. The highest BCUT2D eigenvalue weighted by molar-refractivity contribution is 5.95. The summed E-state index contributed by atoms with van der Waals surface area (Å²) in [5.41, 5.74) is 5.60. The van der Waals surface area contributed by atoms with Gasteiger partial charge in [-0.25, -0.2) is 0 Å². The van der Waals surface area contributed by atoms with Gasteiger partial charge < -0.3 is 19.7 Å². The van der Waals surface area contributed by atoms with Crippen LogP contribution in [0.4, 0.5) is 5.69 Å². The molecule has 30 heavy (non-hydrogen) atoms. The summed E-state index contributed by atoms with van der Waals surface area (Å²) in [4.78, 5) is 7.43. The molecule has 0 amide bonds. The van der Waals surface area contributed by atoms with E-state index in [1.165, 1.54) is 37.2 Å². The van der Waals surface area contributed by atoms with E-state index in [-0.39, 0.29) is 6.04 Å². The van der Waals surface area contributed by atoms with Crippen LogP contribution in [0, 0.1) is 11.3 Å². The molecule has 6 nitrogen and oxygen atoms in total. The average Bonchev–Trinajstić information content (AvgIpc) is 3.42. The van der Waals surface area contributed by atoms with Crippen LogP contribution in [0.2, 0.25) is 0 Å². The molecule has 1 atom stereocenters. The van der Waals surface area contributed by atoms with Crippen molar-refractivity contribution in [1.29, 1.82) is 5.26 Å². The SMILES string of the molecule is COc1cc2c(N[C@H](C)CC#N)c3c(nc2cc1COCCN1CCCC1)CCC3. The van der Waals surface area contributed by atoms with Crippen molar-refractivity contribution >= 4 is 16.6 Å². The van der Waals surface area contributed by atoms with E-state index in [0.29, 0.717) is 13.0 Å². The summed E-state index contributed by atoms with van der Waals surface area (Å²) in [6.07, 6.45) is 6.25. The molecule has 0 radical (unpaired) electrons. The summed E-state index contributed by atoms with van der Waals surface area (Å²) < 4.78 is 11.7. The van der Waals surface area contributed by atoms with Gasteiger partial charge in [0.05, 0.1) is 38.3 Å². The lowest BCUT2D eigenvalue weighted by molar-refractivity contribution is 0.0979. The summed E-state index contributed by atoms with van der Waals surface area (Å²) in [6.45, 7) is 6.69. The fourth-order valence-corrected chi connectivity index (χ4v) is 4.62. The standard InChI is InChI=1S/C24H32N4O2/c1-17(8-9-25)26-24-19-6-5-7-21(19)27-22-14-18(23(29-2)15-20(22)24)16-30-13-12-28-10-3-4-11-28/h14-15,17H,3-8,10-13,16H2,1-2H3,(H,26,27)/t17-/m1/s1. The minimum atomic E-state index is 0.0879. The molecule has 160 valence electrons. The van der Waals surface area contributed by atoms with E-state index in [2.05, 4.69) is 35.3 Å². The fourth-order valence-electron chi connectivity index (χ4n) is 4.62. The van der Waals surface area contributed by atoms with Gasteiger partial charge in [0, 0.05) is 34.9 Å². The van der Waals surface area contributed by atoms with E-state index in [9.17, 15) is 0 Å². The Kier molecular flexibility index (Phi) is 6.71. The third-order valence-corrected chi connectivity index (χ3v) is 6.21. The Morgan fingerprint density at radius 2 is 2.07 bits per heavy atom. The van der Waals surface area contributed by atoms with E-state index in [0.717, 1.165) is 60.3 Å². The van der Waals surface area contributed by atoms with Crippen LogP contribution in [0.1, 0.15) is 49.4 Å². The van der Waals surface area contributed by atoms with Crippen LogP contribution in [0.3, 0.4) is 0 Å². The number of pyridine rings is 1. The first kappa shape index (κ1) is 20.9. The quantitative estimate of drug-likeness (QED) is 0.631. The molecule has 1 fully saturated rings. The summed E-state index contributed by atoms with van der Waals surface area (Å²) in [6, 6.07) is 6.55. The average molecular weight is 409 g/mol. The second-order valence-corrected chi connectivity index (χ2v) is 8.46. The summed E-state index contributed by atoms with van der Waals surface area (Å²) >= 11 is 0. The molecule has 6 heteroatoms. The van der Waals surface area contributed by atoms with E-state index in [1.807, 2.05) is 0 Å². The number of fused-ring (bicyclic) bond motifs is 2. The molecule has 2 heterocycles. The van der Waals surface area contributed by atoms with Crippen LogP contribution < -0.4 is 10.1 Å². The zero-order valence-corrected chi connectivity index (χ0v) is 18.2. The normalized spacial score (nSPS) is 17.1. The molecule has 0 unspecified atom stereocenters. The molecule has 1 aromatic heterocycles. The van der Waals surface area contributed by atoms with Gasteiger partial charge in [0.25, 0.3) is 0 Å². The van der Waals surface area contributed by atoms with Crippen molar-refractivity contribution in [3.8, 4) is 11.8 Å². The Hall–Kier alpha value is -2.36. The van der Waals surface area contributed by atoms with Gasteiger partial charge in [0.1, 0.15) is 5.75 Å². The molecular weight excluding hydrogens is 376 g/mol. The molecule has 4 rings (SSSR count). The van der Waals surface area contributed by atoms with Crippen LogP contribution in [0.5, 0.6) is 5.75 Å². The number of methoxy groups -OCH3 is 1. The van der Waals surface area contributed by atoms with Crippen molar-refractivity contribution in [3.63, 3.8) is 0 Å². The van der Waals surface area contributed by atoms with Crippen LogP contribution in [0.15, 0.2) is 12.1 Å². The molecule has 1 aromatic carbocycles. The monoisotopic (exact) mass is 408 g/mol. The first-order valence-electron chi connectivity index (χ1n) is 11.2. The Bertz CT molecular complexity index is 931. The Labute approximate surface area is 179 Å². The van der Waals surface area contributed by atoms with Crippen LogP contribution in [-0.4, -0.2) is 49.3 Å². The lowest BCUT2D eigenvalue weighted by Gasteiger charge is -2.20. The minimum Gasteiger partial charge on any atom is -0.496 e. The van der Waals surface area contributed by atoms with Crippen molar-refractivity contribution in [1.82, 2.24) is 9.88 Å². The second-order valence-electron chi connectivity index (χ2n) is 8.46. The van der Waals surface area contributed by atoms with Crippen LogP contribution in [0.25, 0.3) is 10.9 Å². The largest absolute Gasteiger partial charge is 0.496 e. The van der Waals surface area contributed by atoms with Gasteiger partial charge >= 0.3 is 0 Å². The number of anilines is 1. The van der Waals surface area contributed by atoms with E-state index < -0.39 is 0 Å². The number of nitriles is 1. The lowest BCUT2D eigenvalue weighted by atomic mass is 10.0. The Balaban J connectivity index is 1.58. The highest BCUT2D eigenvalue weighted by Gasteiger charge is 2.22. The molecule has 0 saturated carbocycles. The number of rotatable bonds is 9. The van der Waals surface area contributed by atoms with Crippen molar-refractivity contribution < 1.29 is 9.47 Å². The van der Waals surface area contributed by atoms with Crippen molar-refractivity contribution in [2.24, 2.45) is 0 Å².